The summed E-state index contributed by atoms with van der Waals surface area (Å²) < 4.78 is 12.6. The number of Topliss-reactive ketones (excluding diaryl/α,β-unsaturated/α-hetero) is 1. The van der Waals surface area contributed by atoms with Crippen LogP contribution < -0.4 is 0 Å². The zero-order valence-electron chi connectivity index (χ0n) is 14.8. The Bertz CT molecular complexity index is 789. The van der Waals surface area contributed by atoms with Gasteiger partial charge >= 0.3 is 0 Å². The number of ketones is 1. The van der Waals surface area contributed by atoms with Crippen LogP contribution in [0.5, 0.6) is 0 Å². The summed E-state index contributed by atoms with van der Waals surface area (Å²) in [6, 6.07) is 10.3. The summed E-state index contributed by atoms with van der Waals surface area (Å²) in [5.41, 5.74) is 1.41. The van der Waals surface area contributed by atoms with Crippen molar-refractivity contribution in [3.8, 4) is 0 Å². The lowest BCUT2D eigenvalue weighted by molar-refractivity contribution is -0.179. The Hall–Kier alpha value is -1.71. The molecule has 0 radical (unpaired) electrons. The molecule has 2 saturated heterocycles. The highest BCUT2D eigenvalue weighted by Gasteiger charge is 2.78. The fourth-order valence-corrected chi connectivity index (χ4v) is 5.57. The summed E-state index contributed by atoms with van der Waals surface area (Å²) in [6.45, 7) is 5.00. The molecule has 2 bridgehead atoms. The van der Waals surface area contributed by atoms with Crippen LogP contribution in [0, 0.1) is 10.8 Å². The molecule has 1 saturated carbocycles. The molecule has 2 aliphatic heterocycles. The number of carbonyl (C=O) groups excluding carboxylic acids is 1. The smallest absolute Gasteiger partial charge is 0.159 e. The van der Waals surface area contributed by atoms with Gasteiger partial charge in [-0.1, -0.05) is 49.4 Å². The second-order valence-electron chi connectivity index (χ2n) is 8.33. The number of allylic oxidation sites excluding steroid dienone is 1. The molecular formula is C22H24O3. The van der Waals surface area contributed by atoms with E-state index in [-0.39, 0.29) is 34.4 Å². The monoisotopic (exact) mass is 336 g/mol. The SMILES string of the molecule is CC1=C[C@H]2O[C@@H]3CC[C@](C)([C@@]2(/C=C/c2ccccc2)CC1=O)[C@]31CO1. The molecule has 3 nitrogen and oxygen atoms in total. The molecule has 4 aliphatic rings. The molecule has 25 heavy (non-hydrogen) atoms. The first kappa shape index (κ1) is 15.5. The van der Waals surface area contributed by atoms with E-state index in [4.69, 9.17) is 9.47 Å². The van der Waals surface area contributed by atoms with Gasteiger partial charge in [0.1, 0.15) is 5.60 Å². The van der Waals surface area contributed by atoms with Crippen molar-refractivity contribution in [1.82, 2.24) is 0 Å². The van der Waals surface area contributed by atoms with Crippen molar-refractivity contribution in [1.29, 1.82) is 0 Å². The maximum atomic E-state index is 12.7. The van der Waals surface area contributed by atoms with Gasteiger partial charge in [0.15, 0.2) is 5.78 Å². The lowest BCUT2D eigenvalue weighted by atomic mass is 9.51. The van der Waals surface area contributed by atoms with Crippen LogP contribution in [0.1, 0.15) is 38.7 Å². The van der Waals surface area contributed by atoms with E-state index >= 15 is 0 Å². The first-order valence-corrected chi connectivity index (χ1v) is 9.26. The fourth-order valence-electron chi connectivity index (χ4n) is 5.57. The number of hydrogen-bond donors (Lipinski definition) is 0. The van der Waals surface area contributed by atoms with E-state index in [0.717, 1.165) is 30.6 Å². The molecule has 0 N–H and O–H groups in total. The summed E-state index contributed by atoms with van der Waals surface area (Å²) in [7, 11) is 0. The normalized spacial score (nSPS) is 44.9. The molecule has 5 rings (SSSR count). The number of benzene rings is 1. The zero-order valence-corrected chi connectivity index (χ0v) is 14.8. The third kappa shape index (κ3) is 1.86. The van der Waals surface area contributed by atoms with Gasteiger partial charge in [-0.2, -0.15) is 0 Å². The Balaban J connectivity index is 1.66. The Kier molecular flexibility index (Phi) is 3.06. The molecule has 3 heteroatoms. The number of hydrogen-bond acceptors (Lipinski definition) is 3. The molecule has 1 aromatic carbocycles. The molecule has 2 aliphatic carbocycles. The van der Waals surface area contributed by atoms with Crippen LogP contribution in [0.25, 0.3) is 6.08 Å². The van der Waals surface area contributed by atoms with Gasteiger partial charge in [-0.25, -0.2) is 0 Å². The summed E-state index contributed by atoms with van der Waals surface area (Å²) >= 11 is 0. The van der Waals surface area contributed by atoms with Crippen molar-refractivity contribution < 1.29 is 14.3 Å². The molecule has 1 aromatic rings. The van der Waals surface area contributed by atoms with E-state index in [2.05, 4.69) is 37.3 Å². The first-order chi connectivity index (χ1) is 12.0. The number of rotatable bonds is 2. The summed E-state index contributed by atoms with van der Waals surface area (Å²) in [5.74, 6) is 0.236. The van der Waals surface area contributed by atoms with E-state index in [1.165, 1.54) is 0 Å². The maximum Gasteiger partial charge on any atom is 0.159 e. The van der Waals surface area contributed by atoms with Gasteiger partial charge in [0.2, 0.25) is 0 Å². The van der Waals surface area contributed by atoms with E-state index in [1.807, 2.05) is 25.1 Å². The highest BCUT2D eigenvalue weighted by atomic mass is 16.6. The second-order valence-corrected chi connectivity index (χ2v) is 8.33. The predicted octanol–water partition coefficient (Wildman–Crippen LogP) is 3.94. The highest BCUT2D eigenvalue weighted by Crippen LogP contribution is 2.71. The minimum absolute atomic E-state index is 0.0440. The minimum atomic E-state index is -0.330. The van der Waals surface area contributed by atoms with Crippen LogP contribution in [0.15, 0.2) is 48.1 Å². The van der Waals surface area contributed by atoms with Crippen LogP contribution >= 0.6 is 0 Å². The van der Waals surface area contributed by atoms with Gasteiger partial charge in [0.05, 0.1) is 18.8 Å². The number of epoxide rings is 1. The van der Waals surface area contributed by atoms with Gasteiger partial charge < -0.3 is 9.47 Å². The Morgan fingerprint density at radius 3 is 2.72 bits per heavy atom. The first-order valence-electron chi connectivity index (χ1n) is 9.26. The summed E-state index contributed by atoms with van der Waals surface area (Å²) in [6.07, 6.45) is 9.19. The van der Waals surface area contributed by atoms with Crippen LogP contribution in [0.4, 0.5) is 0 Å². The number of carbonyl (C=O) groups is 1. The van der Waals surface area contributed by atoms with Crippen LogP contribution in [0.2, 0.25) is 0 Å². The Morgan fingerprint density at radius 2 is 2.00 bits per heavy atom. The van der Waals surface area contributed by atoms with Gasteiger partial charge in [-0.3, -0.25) is 4.79 Å². The van der Waals surface area contributed by atoms with Crippen molar-refractivity contribution in [2.75, 3.05) is 6.61 Å². The van der Waals surface area contributed by atoms with Gasteiger partial charge in [0.25, 0.3) is 0 Å². The highest BCUT2D eigenvalue weighted by molar-refractivity contribution is 5.97. The van der Waals surface area contributed by atoms with Crippen molar-refractivity contribution in [3.05, 3.63) is 53.6 Å². The third-order valence-corrected chi connectivity index (χ3v) is 7.33. The van der Waals surface area contributed by atoms with Gasteiger partial charge in [0, 0.05) is 17.3 Å². The van der Waals surface area contributed by atoms with E-state index < -0.39 is 0 Å². The second kappa shape index (κ2) is 4.93. The van der Waals surface area contributed by atoms with E-state index in [0.29, 0.717) is 6.42 Å². The average Bonchev–Trinajstić information content (AvgIpc) is 3.37. The summed E-state index contributed by atoms with van der Waals surface area (Å²) in [5, 5.41) is 0. The lowest BCUT2D eigenvalue weighted by Gasteiger charge is -2.56. The predicted molar refractivity (Wildman–Crippen MR) is 96.0 cm³/mol. The van der Waals surface area contributed by atoms with Gasteiger partial charge in [-0.15, -0.1) is 0 Å². The molecule has 3 fully saturated rings. The molecule has 0 unspecified atom stereocenters. The summed E-state index contributed by atoms with van der Waals surface area (Å²) in [4.78, 5) is 12.7. The topological polar surface area (TPSA) is 38.8 Å². The van der Waals surface area contributed by atoms with Crippen molar-refractivity contribution >= 4 is 11.9 Å². The minimum Gasteiger partial charge on any atom is -0.367 e. The largest absolute Gasteiger partial charge is 0.367 e. The number of ether oxygens (including phenoxy) is 2. The lowest BCUT2D eigenvalue weighted by Crippen LogP contribution is -2.62. The molecule has 2 heterocycles. The third-order valence-electron chi connectivity index (χ3n) is 7.33. The Labute approximate surface area is 148 Å². The fraction of sp³-hybridized carbons (Fsp3) is 0.500. The molecule has 0 amide bonds. The standard InChI is InChI=1S/C22H24O3/c1-15-12-19-21(13-17(15)23,11-8-16-6-4-3-5-7-16)20(2)10-9-18(25-19)22(20)14-24-22/h3-8,11-12,18-19H,9-10,13-14H2,1-2H3/b11-8+/t18-,19-,20-,21+,22+/m1/s1. The molecule has 130 valence electrons. The van der Waals surface area contributed by atoms with Crippen molar-refractivity contribution in [3.63, 3.8) is 0 Å². The van der Waals surface area contributed by atoms with Crippen LogP contribution in [0.3, 0.4) is 0 Å². The average molecular weight is 336 g/mol. The van der Waals surface area contributed by atoms with Crippen LogP contribution in [-0.2, 0) is 14.3 Å². The molecule has 5 atom stereocenters. The molecular weight excluding hydrogens is 312 g/mol. The van der Waals surface area contributed by atoms with Crippen molar-refractivity contribution in [2.24, 2.45) is 10.8 Å². The maximum absolute atomic E-state index is 12.7. The van der Waals surface area contributed by atoms with Gasteiger partial charge in [-0.05, 0) is 37.0 Å². The Morgan fingerprint density at radius 1 is 1.24 bits per heavy atom. The molecule has 0 aromatic heterocycles. The number of fused-ring (bicyclic) bond motifs is 2. The van der Waals surface area contributed by atoms with E-state index in [9.17, 15) is 4.79 Å². The van der Waals surface area contributed by atoms with E-state index in [1.54, 1.807) is 0 Å². The van der Waals surface area contributed by atoms with Crippen molar-refractivity contribution in [2.45, 2.75) is 50.9 Å². The van der Waals surface area contributed by atoms with Crippen LogP contribution in [-0.4, -0.2) is 30.2 Å². The zero-order chi connectivity index (χ0) is 17.3. The quantitative estimate of drug-likeness (QED) is 0.768. The molecule has 1 spiro atoms.